The van der Waals surface area contributed by atoms with E-state index in [1.165, 1.54) is 0 Å². The molecule has 9 nitrogen and oxygen atoms in total. The smallest absolute Gasteiger partial charge is 0.431 e. The van der Waals surface area contributed by atoms with Gasteiger partial charge in [0.15, 0.2) is 0 Å². The van der Waals surface area contributed by atoms with Crippen LogP contribution in [-0.4, -0.2) is 95.0 Å². The number of hydrogen-bond acceptors (Lipinski definition) is 9. The van der Waals surface area contributed by atoms with Crippen LogP contribution in [0.15, 0.2) is 0 Å². The third-order valence-electron chi connectivity index (χ3n) is 2.83. The molecule has 3 unspecified atom stereocenters. The summed E-state index contributed by atoms with van der Waals surface area (Å²) in [6.45, 7) is 8.01. The quantitative estimate of drug-likeness (QED) is 0.196. The Morgan fingerprint density at radius 2 is 0.800 bits per heavy atom. The van der Waals surface area contributed by atoms with E-state index in [0.29, 0.717) is 39.6 Å². The van der Waals surface area contributed by atoms with E-state index in [-0.39, 0.29) is 0 Å². The highest BCUT2D eigenvalue weighted by Gasteiger charge is 2.38. The molecule has 0 bridgehead atoms. The van der Waals surface area contributed by atoms with Crippen molar-refractivity contribution >= 4 is 15.1 Å². The van der Waals surface area contributed by atoms with Gasteiger partial charge in [-0.1, -0.05) is 0 Å². The molecule has 0 aromatic carbocycles. The molecular formula is C15H33AlO9. The fourth-order valence-electron chi connectivity index (χ4n) is 1.58. The first-order valence-electron chi connectivity index (χ1n) is 8.31. The van der Waals surface area contributed by atoms with Crippen molar-refractivity contribution in [2.24, 2.45) is 0 Å². The minimum Gasteiger partial charge on any atom is -0.431 e. The van der Waals surface area contributed by atoms with Gasteiger partial charge in [0.1, 0.15) is 18.9 Å². The zero-order valence-electron chi connectivity index (χ0n) is 16.2. The summed E-state index contributed by atoms with van der Waals surface area (Å²) >= 11 is -2.56. The molecule has 25 heavy (non-hydrogen) atoms. The van der Waals surface area contributed by atoms with Crippen molar-refractivity contribution in [2.45, 2.75) is 39.6 Å². The molecule has 10 heteroatoms. The van der Waals surface area contributed by atoms with Gasteiger partial charge in [-0.25, -0.2) is 0 Å². The van der Waals surface area contributed by atoms with Crippen molar-refractivity contribution in [1.29, 1.82) is 0 Å². The van der Waals surface area contributed by atoms with Crippen LogP contribution < -0.4 is 0 Å². The summed E-state index contributed by atoms with van der Waals surface area (Å²) < 4.78 is 48.5. The molecule has 0 saturated carbocycles. The number of ether oxygens (including phenoxy) is 6. The standard InChI is InChI=1S/3C5H11O3.Al/c3*1-5(6)8-4-3-7-2;/h3*5H,3-4H2,1-2H3;/q3*-1;+3. The summed E-state index contributed by atoms with van der Waals surface area (Å²) in [6, 6.07) is 0. The molecule has 0 aromatic heterocycles. The van der Waals surface area contributed by atoms with E-state index in [1.807, 2.05) is 0 Å². The van der Waals surface area contributed by atoms with Crippen molar-refractivity contribution in [2.75, 3.05) is 61.0 Å². The number of hydrogen-bond donors (Lipinski definition) is 0. The van der Waals surface area contributed by atoms with Crippen molar-refractivity contribution in [3.05, 3.63) is 0 Å². The van der Waals surface area contributed by atoms with Crippen LogP contribution in [-0.2, 0) is 39.8 Å². The molecule has 0 aliphatic carbocycles. The van der Waals surface area contributed by atoms with Crippen LogP contribution in [0.4, 0.5) is 0 Å². The summed E-state index contributed by atoms with van der Waals surface area (Å²) in [5.41, 5.74) is 0. The molecule has 0 aliphatic rings. The second-order valence-electron chi connectivity index (χ2n) is 4.99. The van der Waals surface area contributed by atoms with Crippen molar-refractivity contribution < 1.29 is 39.8 Å². The van der Waals surface area contributed by atoms with E-state index in [9.17, 15) is 0 Å². The Bertz CT molecular complexity index is 243. The molecule has 3 atom stereocenters. The zero-order chi connectivity index (χ0) is 18.9. The third kappa shape index (κ3) is 16.1. The highest BCUT2D eigenvalue weighted by atomic mass is 27.3. The Hall–Kier alpha value is 0.172. The Kier molecular flexibility index (Phi) is 17.7. The zero-order valence-corrected chi connectivity index (χ0v) is 17.4. The predicted molar refractivity (Wildman–Crippen MR) is 90.9 cm³/mol. The molecule has 0 aliphatic heterocycles. The predicted octanol–water partition coefficient (Wildman–Crippen LogP) is 1.05. The lowest BCUT2D eigenvalue weighted by atomic mass is 10.7. The molecule has 0 aromatic rings. The molecule has 0 spiro atoms. The normalized spacial score (nSPS) is 15.1. The van der Waals surface area contributed by atoms with Gasteiger partial charge in [-0.3, -0.25) is 0 Å². The van der Waals surface area contributed by atoms with Gasteiger partial charge in [0, 0.05) is 21.3 Å². The Morgan fingerprint density at radius 3 is 1.04 bits per heavy atom. The van der Waals surface area contributed by atoms with E-state index in [4.69, 9.17) is 39.8 Å². The average molecular weight is 384 g/mol. The first-order chi connectivity index (χ1) is 12.0. The van der Waals surface area contributed by atoms with Gasteiger partial charge in [-0.05, 0) is 20.8 Å². The van der Waals surface area contributed by atoms with E-state index >= 15 is 0 Å². The van der Waals surface area contributed by atoms with Gasteiger partial charge in [-0.15, -0.1) is 0 Å². The minimum atomic E-state index is -2.56. The van der Waals surface area contributed by atoms with E-state index in [1.54, 1.807) is 42.1 Å². The lowest BCUT2D eigenvalue weighted by molar-refractivity contribution is -0.170. The summed E-state index contributed by atoms with van der Waals surface area (Å²) in [5.74, 6) is 0. The first-order valence-corrected chi connectivity index (χ1v) is 9.72. The number of methoxy groups -OCH3 is 3. The largest absolute Gasteiger partial charge is 0.911 e. The molecule has 0 N–H and O–H groups in total. The van der Waals surface area contributed by atoms with Gasteiger partial charge in [0.25, 0.3) is 0 Å². The lowest BCUT2D eigenvalue weighted by Crippen LogP contribution is -2.39. The van der Waals surface area contributed by atoms with Crippen molar-refractivity contribution in [3.8, 4) is 0 Å². The third-order valence-corrected chi connectivity index (χ3v) is 4.64. The first kappa shape index (κ1) is 25.2. The Labute approximate surface area is 156 Å². The highest BCUT2D eigenvalue weighted by molar-refractivity contribution is 6.36. The van der Waals surface area contributed by atoms with Crippen LogP contribution in [0.5, 0.6) is 0 Å². The molecule has 0 amide bonds. The van der Waals surface area contributed by atoms with E-state index in [2.05, 4.69) is 0 Å². The molecule has 0 rings (SSSR count). The SMILES string of the molecule is COCCOC(C)[O][Al]([O]C(C)OCCOC)[O]C(C)OCCOC. The van der Waals surface area contributed by atoms with E-state index in [0.717, 1.165) is 0 Å². The van der Waals surface area contributed by atoms with Crippen molar-refractivity contribution in [3.63, 3.8) is 0 Å². The average Bonchev–Trinajstić information content (AvgIpc) is 2.55. The van der Waals surface area contributed by atoms with Crippen LogP contribution in [0.1, 0.15) is 20.8 Å². The lowest BCUT2D eigenvalue weighted by Gasteiger charge is -2.24. The maximum atomic E-state index is 5.75. The topological polar surface area (TPSA) is 83.1 Å². The molecule has 0 saturated heterocycles. The summed E-state index contributed by atoms with van der Waals surface area (Å²) in [6.07, 6.45) is -1.49. The van der Waals surface area contributed by atoms with Gasteiger partial charge >= 0.3 is 15.1 Å². The van der Waals surface area contributed by atoms with Crippen LogP contribution >= 0.6 is 0 Å². The summed E-state index contributed by atoms with van der Waals surface area (Å²) in [5, 5.41) is 0. The van der Waals surface area contributed by atoms with Crippen LogP contribution in [0, 0.1) is 0 Å². The number of rotatable bonds is 18. The Morgan fingerprint density at radius 1 is 0.520 bits per heavy atom. The molecule has 0 radical (unpaired) electrons. The molecule has 150 valence electrons. The highest BCUT2D eigenvalue weighted by Crippen LogP contribution is 2.08. The maximum absolute atomic E-state index is 5.75. The second kappa shape index (κ2) is 17.6. The summed E-state index contributed by atoms with van der Waals surface area (Å²) in [4.78, 5) is 0. The fraction of sp³-hybridized carbons (Fsp3) is 1.00. The van der Waals surface area contributed by atoms with Crippen LogP contribution in [0.25, 0.3) is 0 Å². The van der Waals surface area contributed by atoms with Gasteiger partial charge in [-0.2, -0.15) is 0 Å². The molecule has 0 fully saturated rings. The van der Waals surface area contributed by atoms with Crippen LogP contribution in [0.3, 0.4) is 0 Å². The van der Waals surface area contributed by atoms with Crippen LogP contribution in [0.2, 0.25) is 0 Å². The fourth-order valence-corrected chi connectivity index (χ4v) is 2.94. The molecular weight excluding hydrogens is 351 g/mol. The van der Waals surface area contributed by atoms with Gasteiger partial charge in [0.2, 0.25) is 0 Å². The monoisotopic (exact) mass is 384 g/mol. The maximum Gasteiger partial charge on any atom is 0.911 e. The Balaban J connectivity index is 4.37. The van der Waals surface area contributed by atoms with Gasteiger partial charge in [0.05, 0.1) is 39.6 Å². The minimum absolute atomic E-state index is 0.415. The van der Waals surface area contributed by atoms with Gasteiger partial charge < -0.3 is 39.8 Å². The summed E-state index contributed by atoms with van der Waals surface area (Å²) in [7, 11) is 4.82. The van der Waals surface area contributed by atoms with E-state index < -0.39 is 34.0 Å². The second-order valence-corrected chi connectivity index (χ2v) is 6.38. The molecule has 0 heterocycles. The van der Waals surface area contributed by atoms with Crippen molar-refractivity contribution in [1.82, 2.24) is 0 Å².